The molecule has 0 bridgehead atoms. The highest BCUT2D eigenvalue weighted by molar-refractivity contribution is 5.16. The van der Waals surface area contributed by atoms with E-state index >= 15 is 0 Å². The van der Waals surface area contributed by atoms with Crippen molar-refractivity contribution in [1.82, 2.24) is 0 Å². The van der Waals surface area contributed by atoms with E-state index in [0.717, 1.165) is 17.6 Å². The maximum absolute atomic E-state index is 10.4. The molecule has 0 aliphatic carbocycles. The Kier molecular flexibility index (Phi) is 9.16. The van der Waals surface area contributed by atoms with E-state index in [1.807, 2.05) is 30.3 Å². The molecule has 4 nitrogen and oxygen atoms in total. The Morgan fingerprint density at radius 3 is 2.36 bits per heavy atom. The first-order valence-electron chi connectivity index (χ1n) is 10.6. The fourth-order valence-electron chi connectivity index (χ4n) is 4.08. The molecule has 0 saturated carbocycles. The van der Waals surface area contributed by atoms with Crippen LogP contribution in [0.25, 0.3) is 0 Å². The molecule has 4 heteroatoms. The molecule has 0 amide bonds. The van der Waals surface area contributed by atoms with E-state index in [1.165, 1.54) is 12.8 Å². The predicted molar refractivity (Wildman–Crippen MR) is 113 cm³/mol. The van der Waals surface area contributed by atoms with Crippen LogP contribution in [0.15, 0.2) is 42.0 Å². The highest BCUT2D eigenvalue weighted by Crippen LogP contribution is 2.35. The number of aliphatic hydroxyl groups is 2. The average Bonchev–Trinajstić information content (AvgIpc) is 2.96. The lowest BCUT2D eigenvalue weighted by molar-refractivity contribution is -0.170. The third-order valence-corrected chi connectivity index (χ3v) is 5.29. The van der Waals surface area contributed by atoms with Gasteiger partial charge >= 0.3 is 0 Å². The van der Waals surface area contributed by atoms with Crippen LogP contribution in [0.1, 0.15) is 58.9 Å². The molecule has 1 aromatic carbocycles. The summed E-state index contributed by atoms with van der Waals surface area (Å²) in [5.74, 6) is 1.93. The van der Waals surface area contributed by atoms with E-state index in [-0.39, 0.29) is 13.2 Å². The number of hydrogen-bond donors (Lipinski definition) is 2. The van der Waals surface area contributed by atoms with Crippen molar-refractivity contribution in [2.45, 2.75) is 71.9 Å². The van der Waals surface area contributed by atoms with Crippen LogP contribution in [0, 0.1) is 17.8 Å². The molecule has 2 atom stereocenters. The molecule has 1 aromatic rings. The lowest BCUT2D eigenvalue weighted by atomic mass is 9.86. The Bertz CT molecular complexity index is 586. The zero-order valence-electron chi connectivity index (χ0n) is 17.9. The second-order valence-electron chi connectivity index (χ2n) is 9.11. The summed E-state index contributed by atoms with van der Waals surface area (Å²) >= 11 is 0. The van der Waals surface area contributed by atoms with Crippen LogP contribution in [0.4, 0.5) is 0 Å². The molecule has 0 aromatic heterocycles. The number of ether oxygens (including phenoxy) is 2. The molecule has 0 spiro atoms. The first-order chi connectivity index (χ1) is 13.3. The number of aliphatic hydroxyl groups excluding tert-OH is 2. The Hall–Kier alpha value is -1.20. The largest absolute Gasteiger partial charge is 0.393 e. The van der Waals surface area contributed by atoms with Gasteiger partial charge in [-0.05, 0) is 48.2 Å². The summed E-state index contributed by atoms with van der Waals surface area (Å²) in [6, 6.07) is 9.93. The van der Waals surface area contributed by atoms with Crippen LogP contribution in [-0.2, 0) is 16.1 Å². The standard InChI is InChI=1S/C24H38O4/c1-18(2)12-21(13-19(3)4)10-11-22-14-24(16-25,28-23(22)26)17-27-15-20-8-6-5-7-9-20/h5-9,11,18-19,21,23,25-26H,10,12-17H2,1-4H3/b22-11+/t23?,24-/m0/s1. The van der Waals surface area contributed by atoms with Gasteiger partial charge in [-0.2, -0.15) is 0 Å². The van der Waals surface area contributed by atoms with Crippen molar-refractivity contribution in [3.05, 3.63) is 47.5 Å². The zero-order chi connectivity index (χ0) is 20.6. The maximum atomic E-state index is 10.4. The molecular weight excluding hydrogens is 352 g/mol. The molecule has 2 N–H and O–H groups in total. The number of rotatable bonds is 11. The third kappa shape index (κ3) is 7.32. The Morgan fingerprint density at radius 1 is 1.14 bits per heavy atom. The normalized spacial score (nSPS) is 24.2. The summed E-state index contributed by atoms with van der Waals surface area (Å²) in [6.45, 7) is 9.59. The number of allylic oxidation sites excluding steroid dienone is 1. The van der Waals surface area contributed by atoms with Gasteiger partial charge in [0.1, 0.15) is 5.60 Å². The van der Waals surface area contributed by atoms with Crippen molar-refractivity contribution in [1.29, 1.82) is 0 Å². The van der Waals surface area contributed by atoms with E-state index in [0.29, 0.717) is 30.8 Å². The molecule has 2 rings (SSSR count). The van der Waals surface area contributed by atoms with Gasteiger partial charge < -0.3 is 19.7 Å². The van der Waals surface area contributed by atoms with Gasteiger partial charge in [0, 0.05) is 6.42 Å². The number of benzene rings is 1. The van der Waals surface area contributed by atoms with Crippen molar-refractivity contribution in [2.24, 2.45) is 17.8 Å². The van der Waals surface area contributed by atoms with Gasteiger partial charge in [-0.3, -0.25) is 0 Å². The minimum atomic E-state index is -0.953. The summed E-state index contributed by atoms with van der Waals surface area (Å²) in [4.78, 5) is 0. The van der Waals surface area contributed by atoms with Crippen molar-refractivity contribution in [3.63, 3.8) is 0 Å². The molecule has 1 aliphatic rings. The van der Waals surface area contributed by atoms with Crippen LogP contribution in [0.2, 0.25) is 0 Å². The minimum Gasteiger partial charge on any atom is -0.393 e. The van der Waals surface area contributed by atoms with Gasteiger partial charge in [0.25, 0.3) is 0 Å². The van der Waals surface area contributed by atoms with Gasteiger partial charge in [-0.1, -0.05) is 64.1 Å². The van der Waals surface area contributed by atoms with Crippen LogP contribution in [0.3, 0.4) is 0 Å². The minimum absolute atomic E-state index is 0.169. The number of hydrogen-bond acceptors (Lipinski definition) is 4. The van der Waals surface area contributed by atoms with E-state index < -0.39 is 11.9 Å². The molecular formula is C24H38O4. The summed E-state index contributed by atoms with van der Waals surface area (Å²) in [7, 11) is 0. The summed E-state index contributed by atoms with van der Waals surface area (Å²) in [5, 5.41) is 20.3. The van der Waals surface area contributed by atoms with Crippen molar-refractivity contribution in [2.75, 3.05) is 13.2 Å². The maximum Gasteiger partial charge on any atom is 0.178 e. The molecule has 1 heterocycles. The Morgan fingerprint density at radius 2 is 1.79 bits per heavy atom. The van der Waals surface area contributed by atoms with Crippen molar-refractivity contribution < 1.29 is 19.7 Å². The molecule has 0 radical (unpaired) electrons. The van der Waals surface area contributed by atoms with Crippen molar-refractivity contribution in [3.8, 4) is 0 Å². The summed E-state index contributed by atoms with van der Waals surface area (Å²) in [6.07, 6.45) is 5.00. The van der Waals surface area contributed by atoms with Crippen LogP contribution >= 0.6 is 0 Å². The molecule has 1 aliphatic heterocycles. The van der Waals surface area contributed by atoms with Gasteiger partial charge in [-0.25, -0.2) is 0 Å². The van der Waals surface area contributed by atoms with Crippen molar-refractivity contribution >= 4 is 0 Å². The van der Waals surface area contributed by atoms with Crippen LogP contribution < -0.4 is 0 Å². The van der Waals surface area contributed by atoms with Crippen LogP contribution in [0.5, 0.6) is 0 Å². The second kappa shape index (κ2) is 11.1. The fourth-order valence-corrected chi connectivity index (χ4v) is 4.08. The van der Waals surface area contributed by atoms with Gasteiger partial charge in [-0.15, -0.1) is 0 Å². The zero-order valence-corrected chi connectivity index (χ0v) is 17.9. The van der Waals surface area contributed by atoms with E-state index in [9.17, 15) is 10.2 Å². The lowest BCUT2D eigenvalue weighted by Crippen LogP contribution is -2.38. The first kappa shape index (κ1) is 23.1. The van der Waals surface area contributed by atoms with E-state index in [2.05, 4.69) is 33.8 Å². The highest BCUT2D eigenvalue weighted by atomic mass is 16.6. The summed E-state index contributed by atoms with van der Waals surface area (Å²) in [5.41, 5.74) is 1.09. The molecule has 158 valence electrons. The smallest absolute Gasteiger partial charge is 0.178 e. The van der Waals surface area contributed by atoms with Gasteiger partial charge in [0.2, 0.25) is 0 Å². The fraction of sp³-hybridized carbons (Fsp3) is 0.667. The molecule has 1 fully saturated rings. The van der Waals surface area contributed by atoms with Crippen LogP contribution in [-0.4, -0.2) is 35.3 Å². The third-order valence-electron chi connectivity index (χ3n) is 5.29. The Labute approximate surface area is 170 Å². The summed E-state index contributed by atoms with van der Waals surface area (Å²) < 4.78 is 11.6. The lowest BCUT2D eigenvalue weighted by Gasteiger charge is -2.25. The van der Waals surface area contributed by atoms with Gasteiger partial charge in [0.15, 0.2) is 6.29 Å². The van der Waals surface area contributed by atoms with E-state index in [4.69, 9.17) is 9.47 Å². The first-order valence-corrected chi connectivity index (χ1v) is 10.6. The monoisotopic (exact) mass is 390 g/mol. The highest BCUT2D eigenvalue weighted by Gasteiger charge is 2.42. The SMILES string of the molecule is CC(C)CC(C/C=C1\C[C@](CO)(COCc2ccccc2)OC1O)CC(C)C. The topological polar surface area (TPSA) is 58.9 Å². The second-order valence-corrected chi connectivity index (χ2v) is 9.11. The van der Waals surface area contributed by atoms with Gasteiger partial charge in [0.05, 0.1) is 19.8 Å². The molecule has 1 saturated heterocycles. The Balaban J connectivity index is 1.94. The molecule has 1 unspecified atom stereocenters. The predicted octanol–water partition coefficient (Wildman–Crippen LogP) is 4.70. The molecule has 28 heavy (non-hydrogen) atoms. The quantitative estimate of drug-likeness (QED) is 0.538. The average molecular weight is 391 g/mol. The van der Waals surface area contributed by atoms with E-state index in [1.54, 1.807) is 0 Å².